The van der Waals surface area contributed by atoms with Crippen LogP contribution in [0.2, 0.25) is 0 Å². The fourth-order valence-corrected chi connectivity index (χ4v) is 4.72. The molecule has 77 heteroatoms. The third-order valence-electron chi connectivity index (χ3n) is 8.11. The molecule has 2 nitrogen and oxygen atoms in total. The summed E-state index contributed by atoms with van der Waals surface area (Å²) in [6.07, 6.45) is 1.69. The zero-order chi connectivity index (χ0) is 55.0. The van der Waals surface area contributed by atoms with E-state index in [1.54, 1.807) is 19.5 Å². The Bertz CT molecular complexity index is 2680. The van der Waals surface area contributed by atoms with Crippen molar-refractivity contribution in [3.8, 4) is 0 Å². The molecule has 0 aromatic carbocycles. The van der Waals surface area contributed by atoms with Crippen LogP contribution in [-0.2, 0) is 4.81 Å². The molecule has 0 radical (unpaired) electrons. The van der Waals surface area contributed by atoms with E-state index in [4.69, 9.17) is 5.26 Å². The molecular weight excluding hydrogens is 864 g/mol. The molecule has 77 heavy (non-hydrogen) atoms. The van der Waals surface area contributed by atoms with Gasteiger partial charge in [-0.15, -0.1) is 0 Å². The number of hydrogen-bond acceptors (Lipinski definition) is 3. The van der Waals surface area contributed by atoms with Crippen molar-refractivity contribution in [2.24, 2.45) is 0 Å². The van der Waals surface area contributed by atoms with Crippen LogP contribution in [0.1, 0.15) is 0 Å². The zero-order valence-electron chi connectivity index (χ0n) is 44.0. The molecule has 0 spiro atoms. The van der Waals surface area contributed by atoms with Crippen molar-refractivity contribution >= 4 is 507 Å². The normalized spacial score (nSPS) is 7.87. The molecule has 1 N–H and O–H groups in total. The standard InChI is InChI=1S/B74H2O2S/c75-76-73-71-69-67-65-63-61-59-57-55-53-51-49-47-45-43-41-39-37-35-33-31-29-27-25-23-21-19-17-15-13-11-9-7-5-3-1-2-4-6-8-10-12-14-16-18-20-22-24-26-28-30-32-34-36-38-40-42-44-46-48-50-52-54-56-58-60-62-64-66-68-70-72-74-77/h75,77H. The van der Waals surface area contributed by atoms with Crippen LogP contribution in [0, 0.1) is 0 Å². The van der Waals surface area contributed by atoms with Gasteiger partial charge < -0.3 is 0 Å². The van der Waals surface area contributed by atoms with Crippen LogP contribution >= 0.6 is 12.5 Å². The molecule has 242 valence electrons. The molecule has 0 bridgehead atoms. The van der Waals surface area contributed by atoms with Crippen LogP contribution < -0.4 is 0 Å². The Morgan fingerprint density at radius 2 is 0.208 bits per heavy atom. The first-order chi connectivity index (χ1) is 38.4. The van der Waals surface area contributed by atoms with Crippen LogP contribution in [0.5, 0.6) is 0 Å². The molecule has 0 aromatic heterocycles. The summed E-state index contributed by atoms with van der Waals surface area (Å²) in [7, 11) is 1.18. The van der Waals surface area contributed by atoms with Gasteiger partial charge in [0.2, 0.25) is 0 Å². The Morgan fingerprint density at radius 1 is 0.130 bits per heavy atom. The van der Waals surface area contributed by atoms with Gasteiger partial charge in [0, 0.05) is 0 Å². The first kappa shape index (κ1) is 81.9. The summed E-state index contributed by atoms with van der Waals surface area (Å²) in [6, 6.07) is 0. The fourth-order valence-electron chi connectivity index (χ4n) is 4.62. The van der Waals surface area contributed by atoms with E-state index < -0.39 is 0 Å². The van der Waals surface area contributed by atoms with E-state index in [0.717, 1.165) is 0 Å². The molecule has 0 fully saturated rings. The molecule has 0 saturated heterocycles. The van der Waals surface area contributed by atoms with Crippen LogP contribution in [0.3, 0.4) is 0 Å². The summed E-state index contributed by atoms with van der Waals surface area (Å²) in [5.41, 5.74) is 0. The predicted molar refractivity (Wildman–Crippen MR) is 438 cm³/mol. The van der Waals surface area contributed by atoms with Crippen LogP contribution in [0.4, 0.5) is 0 Å². The van der Waals surface area contributed by atoms with Gasteiger partial charge in [0.05, 0.1) is 0 Å². The molecule has 0 atom stereocenters. The molecule has 0 aliphatic heterocycles. The third kappa shape index (κ3) is 80.9. The van der Waals surface area contributed by atoms with E-state index in [-0.39, 0.29) is 0 Å². The van der Waals surface area contributed by atoms with E-state index in [1.165, 1.54) is 7.00 Å². The van der Waals surface area contributed by atoms with Crippen LogP contribution in [0.15, 0.2) is 0 Å². The molecule has 0 rings (SSSR count). The van der Waals surface area contributed by atoms with Gasteiger partial charge in [0.1, 0.15) is 0 Å². The van der Waals surface area contributed by atoms with Crippen molar-refractivity contribution in [1.29, 1.82) is 0 Å². The van der Waals surface area contributed by atoms with Gasteiger partial charge in [0.15, 0.2) is 0 Å². The summed E-state index contributed by atoms with van der Waals surface area (Å²) in [5, 5.41) is 8.15. The monoisotopic (exact) mass is 881 g/mol. The minimum atomic E-state index is 1.18. The zero-order valence-corrected chi connectivity index (χ0v) is 44.9. The number of hydrogen-bond donors (Lipinski definition) is 2. The Balaban J connectivity index is 4.10. The van der Waals surface area contributed by atoms with Crippen LogP contribution in [0.25, 0.3) is 0 Å². The molecule has 0 aromatic rings. The molecule has 0 unspecified atom stereocenters. The van der Waals surface area contributed by atoms with E-state index in [1.807, 2.05) is 468 Å². The van der Waals surface area contributed by atoms with Crippen LogP contribution in [-0.4, -0.2) is 500 Å². The fraction of sp³-hybridized carbons (Fsp3) is 0. The molecular formula is H2B74O2S. The first-order valence-corrected chi connectivity index (χ1v) is 25.5. The van der Waals surface area contributed by atoms with Crippen molar-refractivity contribution < 1.29 is 10.1 Å². The summed E-state index contributed by atoms with van der Waals surface area (Å²) < 4.78 is 0. The number of rotatable bonds is 37. The maximum atomic E-state index is 8.15. The van der Waals surface area contributed by atoms with E-state index >= 15 is 0 Å². The summed E-state index contributed by atoms with van der Waals surface area (Å²) >= 11 is 3.99. The van der Waals surface area contributed by atoms with Crippen molar-refractivity contribution in [3.05, 3.63) is 0 Å². The molecule has 0 amide bonds. The second kappa shape index (κ2) is 80.9. The molecule has 0 heterocycles. The van der Waals surface area contributed by atoms with Crippen molar-refractivity contribution in [2.45, 2.75) is 0 Å². The van der Waals surface area contributed by atoms with Gasteiger partial charge in [0.25, 0.3) is 0 Å². The second-order valence-corrected chi connectivity index (χ2v) is 14.5. The van der Waals surface area contributed by atoms with Gasteiger partial charge in [-0.2, -0.15) is 0 Å². The average Bonchev–Trinajstić information content (AvgIpc) is 3.44. The topological polar surface area (TPSA) is 29.5 Å². The van der Waals surface area contributed by atoms with E-state index in [9.17, 15) is 0 Å². The Hall–Kier alpha value is 4.92. The van der Waals surface area contributed by atoms with Gasteiger partial charge in [-0.3, -0.25) is 0 Å². The van der Waals surface area contributed by atoms with Gasteiger partial charge >= 0.3 is 517 Å². The summed E-state index contributed by atoms with van der Waals surface area (Å²) in [6.45, 7) is 142. The quantitative estimate of drug-likeness (QED) is 0.0282. The van der Waals surface area contributed by atoms with Crippen molar-refractivity contribution in [1.82, 2.24) is 0 Å². The van der Waals surface area contributed by atoms with Gasteiger partial charge in [-0.1, -0.05) is 0 Å². The van der Waals surface area contributed by atoms with E-state index in [2.05, 4.69) is 17.3 Å². The summed E-state index contributed by atoms with van der Waals surface area (Å²) in [4.78, 5) is 3.82. The Kier molecular flexibility index (Phi) is 86.1. The molecule has 0 saturated carbocycles. The Morgan fingerprint density at radius 3 is 0.286 bits per heavy atom. The third-order valence-corrected chi connectivity index (χ3v) is 8.29. The summed E-state index contributed by atoms with van der Waals surface area (Å²) in [5.74, 6) is 0. The molecule has 0 aliphatic carbocycles. The van der Waals surface area contributed by atoms with Gasteiger partial charge in [-0.25, -0.2) is 0 Å². The van der Waals surface area contributed by atoms with Crippen molar-refractivity contribution in [2.75, 3.05) is 0 Å². The molecule has 0 aliphatic rings. The first-order valence-electron chi connectivity index (χ1n) is 25.0. The second-order valence-electron chi connectivity index (χ2n) is 14.2. The van der Waals surface area contributed by atoms with E-state index in [0.29, 0.717) is 0 Å². The maximum absolute atomic E-state index is 8.15. The predicted octanol–water partition coefficient (Wildman–Crippen LogP) is -27.9. The SMILES string of the molecule is OOB=BB=BB=BB=BB=BB=BB=BB=BB=BB=BB=BB=BB=BB=BB=BB=BB=BB=BB=BB=BB=BB=BB=BB=BB=BB=BB=BB=BB=BB=BB=BB=BB=BB=BB=BB=BB=BS. The average molecular weight is 866 g/mol. The minimum absolute atomic E-state index is 1.18. The van der Waals surface area contributed by atoms with Crippen molar-refractivity contribution in [3.63, 3.8) is 0 Å². The Labute approximate surface area is 512 Å². The van der Waals surface area contributed by atoms with Gasteiger partial charge in [-0.05, 0) is 0 Å². The number of thiol groups is 1.